The van der Waals surface area contributed by atoms with Gasteiger partial charge in [0.1, 0.15) is 5.60 Å². The summed E-state index contributed by atoms with van der Waals surface area (Å²) in [6.07, 6.45) is 7.35. The van der Waals surface area contributed by atoms with Crippen LogP contribution >= 0.6 is 24.0 Å². The summed E-state index contributed by atoms with van der Waals surface area (Å²) in [7, 11) is 1.76. The highest BCUT2D eigenvalue weighted by molar-refractivity contribution is 14.0. The van der Waals surface area contributed by atoms with Gasteiger partial charge in [-0.3, -0.25) is 4.99 Å². The summed E-state index contributed by atoms with van der Waals surface area (Å²) in [6.45, 7) is 14.7. The van der Waals surface area contributed by atoms with E-state index in [-0.39, 0.29) is 24.0 Å². The number of nitrogens with one attached hydrogen (secondary N) is 3. The topological polar surface area (TPSA) is 78.0 Å². The molecule has 3 N–H and O–H groups in total. The van der Waals surface area contributed by atoms with Gasteiger partial charge in [0.05, 0.1) is 5.54 Å². The third-order valence-electron chi connectivity index (χ3n) is 4.65. The lowest BCUT2D eigenvalue weighted by molar-refractivity contribution is 0.0474. The van der Waals surface area contributed by atoms with Crippen LogP contribution in [0.1, 0.15) is 73.1 Å². The molecule has 0 unspecified atom stereocenters. The summed E-state index contributed by atoms with van der Waals surface area (Å²) in [5, 5.41) is 9.53. The van der Waals surface area contributed by atoms with Crippen molar-refractivity contribution in [2.24, 2.45) is 4.99 Å². The van der Waals surface area contributed by atoms with Crippen molar-refractivity contribution >= 4 is 36.0 Å². The van der Waals surface area contributed by atoms with E-state index >= 15 is 0 Å². The van der Waals surface area contributed by atoms with Gasteiger partial charge in [0, 0.05) is 20.1 Å². The van der Waals surface area contributed by atoms with Crippen LogP contribution in [-0.2, 0) is 4.74 Å². The maximum Gasteiger partial charge on any atom is 0.408 e. The Hall–Kier alpha value is -0.770. The van der Waals surface area contributed by atoms with E-state index in [9.17, 15) is 4.79 Å². The molecular formula is C21H44IN5O2. The first kappa shape index (κ1) is 28.2. The van der Waals surface area contributed by atoms with Gasteiger partial charge in [-0.05, 0) is 79.9 Å². The Kier molecular flexibility index (Phi) is 13.9. The van der Waals surface area contributed by atoms with Crippen LogP contribution in [0.15, 0.2) is 4.99 Å². The third kappa shape index (κ3) is 14.8. The Morgan fingerprint density at radius 1 is 1.00 bits per heavy atom. The van der Waals surface area contributed by atoms with Gasteiger partial charge in [0.2, 0.25) is 0 Å². The van der Waals surface area contributed by atoms with Crippen molar-refractivity contribution in [2.75, 3.05) is 39.8 Å². The minimum atomic E-state index is -0.501. The first-order valence-corrected chi connectivity index (χ1v) is 10.8. The highest BCUT2D eigenvalue weighted by Gasteiger charge is 2.24. The fourth-order valence-electron chi connectivity index (χ4n) is 3.18. The number of piperidine rings is 1. The van der Waals surface area contributed by atoms with Crippen molar-refractivity contribution in [1.29, 1.82) is 0 Å². The monoisotopic (exact) mass is 525 g/mol. The molecule has 0 aromatic heterocycles. The lowest BCUT2D eigenvalue weighted by Gasteiger charge is -2.29. The van der Waals surface area contributed by atoms with E-state index in [2.05, 4.69) is 25.8 Å². The van der Waals surface area contributed by atoms with Gasteiger partial charge in [-0.2, -0.15) is 0 Å². The highest BCUT2D eigenvalue weighted by atomic mass is 127. The molecule has 172 valence electrons. The van der Waals surface area contributed by atoms with Crippen LogP contribution in [0.3, 0.4) is 0 Å². The fourth-order valence-corrected chi connectivity index (χ4v) is 3.18. The largest absolute Gasteiger partial charge is 0.444 e. The lowest BCUT2D eigenvalue weighted by atomic mass is 10.1. The highest BCUT2D eigenvalue weighted by Crippen LogP contribution is 2.10. The SMILES string of the molecule is CN=C(NCCCCCN1CCCCC1)NCC(C)(C)NC(=O)OC(C)(C)C.I. The molecule has 1 aliphatic rings. The molecule has 0 aliphatic carbocycles. The predicted octanol–water partition coefficient (Wildman–Crippen LogP) is 3.73. The Labute approximate surface area is 195 Å². The maximum atomic E-state index is 12.0. The standard InChI is InChI=1S/C21H43N5O2.HI/c1-20(2,3)28-19(27)25-21(4,5)17-24-18(22-6)23-13-9-7-10-14-26-15-11-8-12-16-26;/h7-17H2,1-6H3,(H,25,27)(H2,22,23,24);1H. The number of halogens is 1. The number of ether oxygens (including phenoxy) is 1. The molecule has 1 aliphatic heterocycles. The minimum Gasteiger partial charge on any atom is -0.444 e. The third-order valence-corrected chi connectivity index (χ3v) is 4.65. The van der Waals surface area contributed by atoms with Crippen LogP contribution in [0.4, 0.5) is 4.79 Å². The zero-order chi connectivity index (χ0) is 21.0. The zero-order valence-electron chi connectivity index (χ0n) is 19.4. The second-order valence-electron chi connectivity index (χ2n) is 9.33. The molecule has 1 amide bonds. The summed E-state index contributed by atoms with van der Waals surface area (Å²) in [6, 6.07) is 0. The molecule has 29 heavy (non-hydrogen) atoms. The van der Waals surface area contributed by atoms with Gasteiger partial charge in [0.25, 0.3) is 0 Å². The first-order valence-electron chi connectivity index (χ1n) is 10.8. The van der Waals surface area contributed by atoms with Gasteiger partial charge in [0.15, 0.2) is 5.96 Å². The van der Waals surface area contributed by atoms with Crippen LogP contribution in [0.5, 0.6) is 0 Å². The number of likely N-dealkylation sites (tertiary alicyclic amines) is 1. The molecule has 1 rings (SSSR count). The summed E-state index contributed by atoms with van der Waals surface area (Å²) in [4.78, 5) is 18.8. The van der Waals surface area contributed by atoms with Crippen LogP contribution in [-0.4, -0.2) is 67.9 Å². The number of amides is 1. The number of guanidine groups is 1. The van der Waals surface area contributed by atoms with Crippen LogP contribution in [0.2, 0.25) is 0 Å². The van der Waals surface area contributed by atoms with Gasteiger partial charge >= 0.3 is 6.09 Å². The number of hydrogen-bond donors (Lipinski definition) is 3. The molecule has 0 saturated carbocycles. The number of nitrogens with zero attached hydrogens (tertiary/aromatic N) is 2. The van der Waals surface area contributed by atoms with E-state index in [1.807, 2.05) is 34.6 Å². The van der Waals surface area contributed by atoms with Crippen molar-refractivity contribution in [3.63, 3.8) is 0 Å². The summed E-state index contributed by atoms with van der Waals surface area (Å²) in [5.41, 5.74) is -0.951. The second kappa shape index (κ2) is 14.3. The molecule has 8 heteroatoms. The number of unbranched alkanes of at least 4 members (excludes halogenated alkanes) is 2. The molecule has 0 atom stereocenters. The Bertz CT molecular complexity index is 486. The molecule has 1 fully saturated rings. The lowest BCUT2D eigenvalue weighted by Crippen LogP contribution is -2.54. The van der Waals surface area contributed by atoms with Crippen LogP contribution < -0.4 is 16.0 Å². The van der Waals surface area contributed by atoms with Gasteiger partial charge in [-0.1, -0.05) is 12.8 Å². The average molecular weight is 526 g/mol. The van der Waals surface area contributed by atoms with E-state index in [0.717, 1.165) is 18.9 Å². The van der Waals surface area contributed by atoms with E-state index in [1.165, 1.54) is 51.7 Å². The van der Waals surface area contributed by atoms with Crippen LogP contribution in [0, 0.1) is 0 Å². The number of aliphatic imine (C=N–C) groups is 1. The number of rotatable bonds is 9. The van der Waals surface area contributed by atoms with Crippen molar-refractivity contribution in [1.82, 2.24) is 20.9 Å². The van der Waals surface area contributed by atoms with E-state index < -0.39 is 17.2 Å². The molecule has 0 aromatic rings. The Morgan fingerprint density at radius 3 is 2.24 bits per heavy atom. The number of carbonyl (C=O) groups is 1. The van der Waals surface area contributed by atoms with E-state index in [1.54, 1.807) is 7.05 Å². The fraction of sp³-hybridized carbons (Fsp3) is 0.905. The minimum absolute atomic E-state index is 0. The van der Waals surface area contributed by atoms with Crippen molar-refractivity contribution in [3.8, 4) is 0 Å². The van der Waals surface area contributed by atoms with Gasteiger partial charge < -0.3 is 25.6 Å². The number of hydrogen-bond acceptors (Lipinski definition) is 4. The van der Waals surface area contributed by atoms with Crippen molar-refractivity contribution in [3.05, 3.63) is 0 Å². The number of alkyl carbamates (subject to hydrolysis) is 1. The van der Waals surface area contributed by atoms with Crippen molar-refractivity contribution < 1.29 is 9.53 Å². The summed E-state index contributed by atoms with van der Waals surface area (Å²) >= 11 is 0. The first-order chi connectivity index (χ1) is 13.1. The second-order valence-corrected chi connectivity index (χ2v) is 9.33. The predicted molar refractivity (Wildman–Crippen MR) is 132 cm³/mol. The molecule has 0 bridgehead atoms. The molecule has 0 spiro atoms. The Balaban J connectivity index is 0.00000784. The smallest absolute Gasteiger partial charge is 0.408 e. The molecule has 1 heterocycles. The molecular weight excluding hydrogens is 481 g/mol. The molecule has 0 aromatic carbocycles. The quantitative estimate of drug-likeness (QED) is 0.185. The maximum absolute atomic E-state index is 12.0. The van der Waals surface area contributed by atoms with Crippen molar-refractivity contribution in [2.45, 2.75) is 84.3 Å². The summed E-state index contributed by atoms with van der Waals surface area (Å²) < 4.78 is 5.33. The van der Waals surface area contributed by atoms with Crippen LogP contribution in [0.25, 0.3) is 0 Å². The Morgan fingerprint density at radius 2 is 1.66 bits per heavy atom. The molecule has 1 saturated heterocycles. The van der Waals surface area contributed by atoms with E-state index in [4.69, 9.17) is 4.74 Å². The average Bonchev–Trinajstić information content (AvgIpc) is 2.59. The normalized spacial score (nSPS) is 16.0. The van der Waals surface area contributed by atoms with Gasteiger partial charge in [-0.25, -0.2) is 4.79 Å². The molecule has 0 radical (unpaired) electrons. The number of carbonyl (C=O) groups excluding carboxylic acids is 1. The van der Waals surface area contributed by atoms with Gasteiger partial charge in [-0.15, -0.1) is 24.0 Å². The summed E-state index contributed by atoms with van der Waals surface area (Å²) in [5.74, 6) is 0.759. The zero-order valence-corrected chi connectivity index (χ0v) is 21.7. The molecule has 7 nitrogen and oxygen atoms in total. The van der Waals surface area contributed by atoms with E-state index in [0.29, 0.717) is 6.54 Å².